The summed E-state index contributed by atoms with van der Waals surface area (Å²) < 4.78 is 24.2. The van der Waals surface area contributed by atoms with Gasteiger partial charge >= 0.3 is 29.6 Å². The van der Waals surface area contributed by atoms with Crippen LogP contribution in [0.3, 0.4) is 0 Å². The quantitative estimate of drug-likeness (QED) is 0.106. The number of aryl methyl sites for hydroxylation is 2. The van der Waals surface area contributed by atoms with E-state index < -0.39 is 9.68 Å². The maximum absolute atomic E-state index is 8.64. The zero-order valence-corrected chi connectivity index (χ0v) is 33.0. The molecule has 0 radical (unpaired) electrons. The first kappa shape index (κ1) is 37.7. The SMILES string of the molecule is C=C1c2sccc2C=CN1C(C)C.Cc1cc(C#N)ccc1C(C)C.Cc1cc2ccccc2cc1C(C)C.N#CCO.[3H][P+]([3H])([3H])[3H].[CH3-].[Na+]. The summed E-state index contributed by atoms with van der Waals surface area (Å²) in [5.41, 5.74) is 8.58. The van der Waals surface area contributed by atoms with E-state index in [0.29, 0.717) is 17.9 Å². The molecule has 1 N–H and O–H groups in total. The molecule has 0 saturated carbocycles. The monoisotopic (exact) mass is 672 g/mol. The van der Waals surface area contributed by atoms with E-state index in [0.717, 1.165) is 11.3 Å². The molecule has 0 aliphatic carbocycles. The van der Waals surface area contributed by atoms with E-state index in [-0.39, 0.29) is 43.6 Å². The molecule has 240 valence electrons. The van der Waals surface area contributed by atoms with Crippen molar-refractivity contribution >= 4 is 43.6 Å². The second-order valence-electron chi connectivity index (χ2n) is 11.3. The van der Waals surface area contributed by atoms with Crippen molar-refractivity contribution in [3.63, 3.8) is 0 Å². The summed E-state index contributed by atoms with van der Waals surface area (Å²) in [5.74, 6) is 1.15. The topological polar surface area (TPSA) is 71.0 Å². The van der Waals surface area contributed by atoms with Crippen molar-refractivity contribution in [3.05, 3.63) is 125 Å². The van der Waals surface area contributed by atoms with E-state index in [1.54, 1.807) is 11.3 Å². The summed E-state index contributed by atoms with van der Waals surface area (Å²) in [4.78, 5) is 3.51. The molecule has 0 fully saturated rings. The van der Waals surface area contributed by atoms with Crippen LogP contribution >= 0.6 is 21.0 Å². The maximum Gasteiger partial charge on any atom is 1.00 e. The molecule has 0 atom stereocenters. The number of hydrogen-bond donors (Lipinski definition) is 1. The van der Waals surface area contributed by atoms with Gasteiger partial charge in [-0.1, -0.05) is 76.7 Å². The normalized spacial score (nSPS) is 12.1. The Hall–Kier alpha value is -2.73. The third-order valence-electron chi connectivity index (χ3n) is 7.09. The predicted molar refractivity (Wildman–Crippen MR) is 204 cm³/mol. The number of rotatable bonds is 3. The molecular weight excluding hydrogens is 612 g/mol. The second kappa shape index (κ2) is 22.7. The number of thiophene rings is 1. The first-order valence-corrected chi connectivity index (χ1v) is 15.5. The third-order valence-corrected chi connectivity index (χ3v) is 8.07. The molecule has 7 heteroatoms. The molecule has 46 heavy (non-hydrogen) atoms. The molecular formula is C39H52N3NaOPS+. The van der Waals surface area contributed by atoms with Crippen LogP contribution in [0, 0.1) is 43.9 Å². The summed E-state index contributed by atoms with van der Waals surface area (Å²) in [6.07, 6.45) is 4.27. The number of benzene rings is 3. The summed E-state index contributed by atoms with van der Waals surface area (Å²) in [6, 6.07) is 25.2. The van der Waals surface area contributed by atoms with Crippen LogP contribution in [0.15, 0.2) is 78.8 Å². The maximum atomic E-state index is 8.64. The predicted octanol–water partition coefficient (Wildman–Crippen LogP) is 7.42. The molecule has 1 aliphatic heterocycles. The molecule has 3 aromatic carbocycles. The van der Waals surface area contributed by atoms with E-state index in [9.17, 15) is 0 Å². The van der Waals surface area contributed by atoms with Gasteiger partial charge in [-0.3, -0.25) is 0 Å². The second-order valence-corrected chi connectivity index (χ2v) is 12.2. The van der Waals surface area contributed by atoms with Gasteiger partial charge in [0.1, 0.15) is 6.61 Å². The zero-order valence-electron chi connectivity index (χ0n) is 33.3. The van der Waals surface area contributed by atoms with Crippen molar-refractivity contribution < 1.29 is 34.7 Å². The number of nitrogens with zero attached hydrogens (tertiary/aromatic N) is 3. The minimum Gasteiger partial charge on any atom is -0.381 e. The first-order valence-electron chi connectivity index (χ1n) is 16.4. The van der Waals surface area contributed by atoms with Gasteiger partial charge in [0.15, 0.2) is 0 Å². The van der Waals surface area contributed by atoms with Gasteiger partial charge in [0.2, 0.25) is 0 Å². The molecule has 1 aromatic heterocycles. The molecule has 5 rings (SSSR count). The zero-order chi connectivity index (χ0) is 36.6. The van der Waals surface area contributed by atoms with Crippen molar-refractivity contribution in [3.8, 4) is 12.1 Å². The Kier molecular flexibility index (Phi) is 18.6. The molecule has 0 saturated heterocycles. The molecule has 0 bridgehead atoms. The van der Waals surface area contributed by atoms with Gasteiger partial charge in [0.05, 0.1) is 28.3 Å². The van der Waals surface area contributed by atoms with Gasteiger partial charge in [0, 0.05) is 12.2 Å². The van der Waals surface area contributed by atoms with Gasteiger partial charge in [-0.25, -0.2) is 0 Å². The molecule has 4 nitrogen and oxygen atoms in total. The van der Waals surface area contributed by atoms with Crippen LogP contribution in [0.2, 0.25) is 0 Å². The van der Waals surface area contributed by atoms with Crippen molar-refractivity contribution in [2.45, 2.75) is 73.3 Å². The van der Waals surface area contributed by atoms with Crippen molar-refractivity contribution in [1.82, 2.24) is 4.90 Å². The fourth-order valence-electron chi connectivity index (χ4n) is 4.92. The minimum absolute atomic E-state index is 0. The fourth-order valence-corrected chi connectivity index (χ4v) is 5.79. The Balaban J connectivity index is 0. The van der Waals surface area contributed by atoms with E-state index in [2.05, 4.69) is 133 Å². The third kappa shape index (κ3) is 13.2. The van der Waals surface area contributed by atoms with E-state index >= 15 is 0 Å². The molecule has 2 heterocycles. The van der Waals surface area contributed by atoms with Crippen molar-refractivity contribution in [2.24, 2.45) is 0 Å². The number of fused-ring (bicyclic) bond motifs is 2. The number of aliphatic hydroxyl groups is 1. The average Bonchev–Trinajstić information content (AvgIpc) is 3.50. The summed E-state index contributed by atoms with van der Waals surface area (Å²) in [5, 5.41) is 28.3. The van der Waals surface area contributed by atoms with Gasteiger partial charge < -0.3 is 17.4 Å². The van der Waals surface area contributed by atoms with Crippen molar-refractivity contribution in [1.29, 1.82) is 15.6 Å². The largest absolute Gasteiger partial charge is 1.00 e. The fraction of sp³-hybridized carbons (Fsp3) is 0.308. The Labute approximate surface area is 313 Å². The van der Waals surface area contributed by atoms with Gasteiger partial charge in [-0.05, 0) is 117 Å². The first-order chi connectivity index (χ1) is 22.4. The molecule has 4 aromatic rings. The van der Waals surface area contributed by atoms with Gasteiger partial charge in [-0.15, -0.1) is 11.3 Å². The Morgan fingerprint density at radius 1 is 0.913 bits per heavy atom. The summed E-state index contributed by atoms with van der Waals surface area (Å²) in [7, 11) is -3.39. The van der Waals surface area contributed by atoms with E-state index in [1.807, 2.05) is 18.2 Å². The van der Waals surface area contributed by atoms with Crippen LogP contribution in [0.25, 0.3) is 22.5 Å². The molecule has 0 spiro atoms. The van der Waals surface area contributed by atoms with Gasteiger partial charge in [-0.2, -0.15) is 10.5 Å². The Bertz CT molecular complexity index is 1730. The molecule has 0 amide bonds. The van der Waals surface area contributed by atoms with Crippen molar-refractivity contribution in [2.75, 3.05) is 6.61 Å². The Morgan fingerprint density at radius 2 is 1.46 bits per heavy atom. The van der Waals surface area contributed by atoms with Crippen LogP contribution in [-0.4, -0.2) is 27.8 Å². The average molecular weight is 673 g/mol. The smallest absolute Gasteiger partial charge is 0.381 e. The van der Waals surface area contributed by atoms with Crippen LogP contribution < -0.4 is 29.6 Å². The van der Waals surface area contributed by atoms with Crippen LogP contribution in [0.4, 0.5) is 0 Å². The van der Waals surface area contributed by atoms with E-state index in [4.69, 9.17) is 20.7 Å². The minimum atomic E-state index is -3.39. The van der Waals surface area contributed by atoms with Crippen LogP contribution in [0.5, 0.6) is 0 Å². The number of aliphatic hydroxyl groups excluding tert-OH is 1. The molecule has 0 unspecified atom stereocenters. The standard InChI is InChI=1S/C14H16.C11H13NS.C11H13N.C2H3NO.CH3.Na.H3P/c1-10(2)14-9-13-7-5-4-6-12(13)8-11(14)3;1-8(2)12-6-4-10-5-7-13-11(10)9(12)3;1-8(2)11-5-4-10(7-12)6-9(11)3;3-1-2-4;;;/h4-10H,1-3H3;4-8H,3H2,1-2H3;4-6,8H,1-3H3;4H,2H2;1H3;;1H3/q;;;;-1;+1;/p+1/i;;;;;;1T3/hT. The summed E-state index contributed by atoms with van der Waals surface area (Å²) in [6.45, 7) is 21.2. The Morgan fingerprint density at radius 3 is 1.93 bits per heavy atom. The summed E-state index contributed by atoms with van der Waals surface area (Å²) >= 11 is 1.76. The van der Waals surface area contributed by atoms with E-state index in [1.165, 1.54) is 49.5 Å². The van der Waals surface area contributed by atoms with Crippen LogP contribution in [0.1, 0.15) is 91.6 Å². The van der Waals surface area contributed by atoms with Crippen LogP contribution in [-0.2, 0) is 0 Å². The van der Waals surface area contributed by atoms with Gasteiger partial charge in [0.25, 0.3) is 5.11 Å². The number of hydrogen-bond acceptors (Lipinski definition) is 5. The molecule has 1 aliphatic rings. The number of nitriles is 2.